The smallest absolute Gasteiger partial charge is 0.236 e. The van der Waals surface area contributed by atoms with Crippen molar-refractivity contribution >= 4 is 37.0 Å². The molecule has 0 N–H and O–H groups in total. The molecule has 0 aliphatic rings. The molecular formula is C15H13BrN2O2S. The molecule has 21 heavy (non-hydrogen) atoms. The number of halogens is 1. The van der Waals surface area contributed by atoms with Crippen LogP contribution in [0.25, 0.3) is 11.0 Å². The molecule has 0 saturated heterocycles. The molecule has 1 heterocycles. The van der Waals surface area contributed by atoms with Gasteiger partial charge in [0.25, 0.3) is 10.0 Å². The van der Waals surface area contributed by atoms with E-state index in [1.165, 1.54) is 10.3 Å². The van der Waals surface area contributed by atoms with E-state index in [9.17, 15) is 8.42 Å². The van der Waals surface area contributed by atoms with Gasteiger partial charge in [0.15, 0.2) is 0 Å². The summed E-state index contributed by atoms with van der Waals surface area (Å²) in [6.07, 6.45) is 2.00. The number of nitrogens with zero attached hydrogens (tertiary/aromatic N) is 2. The predicted octanol–water partition coefficient (Wildman–Crippen LogP) is 3.60. The van der Waals surface area contributed by atoms with E-state index in [0.29, 0.717) is 22.3 Å². The molecular weight excluding hydrogens is 352 g/mol. The summed E-state index contributed by atoms with van der Waals surface area (Å²) in [5.74, 6) is 0. The molecule has 0 fully saturated rings. The molecule has 6 heteroatoms. The summed E-state index contributed by atoms with van der Waals surface area (Å²) in [7, 11) is -3.65. The number of fused-ring (bicyclic) bond motifs is 1. The van der Waals surface area contributed by atoms with Crippen LogP contribution in [-0.2, 0) is 16.4 Å². The van der Waals surface area contributed by atoms with Gasteiger partial charge in [-0.1, -0.05) is 35.0 Å². The number of hydrogen-bond donors (Lipinski definition) is 0. The maximum absolute atomic E-state index is 12.9. The second-order valence-electron chi connectivity index (χ2n) is 4.64. The Morgan fingerprint density at radius 1 is 1.19 bits per heavy atom. The number of hydrogen-bond acceptors (Lipinski definition) is 3. The fraction of sp³-hybridized carbons (Fsp3) is 0.133. The Kier molecular flexibility index (Phi) is 3.59. The molecule has 0 atom stereocenters. The largest absolute Gasteiger partial charge is 0.269 e. The maximum Gasteiger partial charge on any atom is 0.269 e. The summed E-state index contributed by atoms with van der Waals surface area (Å²) >= 11 is 3.38. The van der Waals surface area contributed by atoms with E-state index in [4.69, 9.17) is 0 Å². The van der Waals surface area contributed by atoms with Gasteiger partial charge in [-0.05, 0) is 42.3 Å². The molecule has 108 valence electrons. The average Bonchev–Trinajstić information content (AvgIpc) is 2.91. The van der Waals surface area contributed by atoms with E-state index in [2.05, 4.69) is 20.9 Å². The van der Waals surface area contributed by atoms with Crippen LogP contribution in [-0.4, -0.2) is 17.4 Å². The molecule has 0 saturated carbocycles. The molecule has 3 rings (SSSR count). The highest BCUT2D eigenvalue weighted by molar-refractivity contribution is 9.10. The van der Waals surface area contributed by atoms with Gasteiger partial charge in [0.2, 0.25) is 0 Å². The zero-order chi connectivity index (χ0) is 15.0. The number of aryl methyl sites for hydroxylation is 1. The molecule has 4 nitrogen and oxygen atoms in total. The summed E-state index contributed by atoms with van der Waals surface area (Å²) in [4.78, 5) is 4.47. The van der Waals surface area contributed by atoms with E-state index in [1.54, 1.807) is 30.3 Å². The first-order chi connectivity index (χ1) is 10.0. The van der Waals surface area contributed by atoms with Crippen molar-refractivity contribution in [2.75, 3.05) is 0 Å². The molecule has 0 spiro atoms. The number of aromatic nitrogens is 2. The van der Waals surface area contributed by atoms with Crippen molar-refractivity contribution in [2.45, 2.75) is 18.2 Å². The third kappa shape index (κ3) is 2.38. The van der Waals surface area contributed by atoms with Crippen molar-refractivity contribution < 1.29 is 8.42 Å². The van der Waals surface area contributed by atoms with E-state index in [1.807, 2.05) is 19.1 Å². The average molecular weight is 365 g/mol. The Morgan fingerprint density at radius 3 is 2.71 bits per heavy atom. The summed E-state index contributed by atoms with van der Waals surface area (Å²) in [5, 5.41) is 0. The summed E-state index contributed by atoms with van der Waals surface area (Å²) < 4.78 is 27.9. The van der Waals surface area contributed by atoms with Crippen LogP contribution in [0.15, 0.2) is 58.2 Å². The van der Waals surface area contributed by atoms with E-state index < -0.39 is 10.0 Å². The van der Waals surface area contributed by atoms with Crippen LogP contribution in [0.2, 0.25) is 0 Å². The van der Waals surface area contributed by atoms with E-state index in [0.717, 1.165) is 10.0 Å². The molecule has 0 aliphatic heterocycles. The fourth-order valence-electron chi connectivity index (χ4n) is 2.31. The molecule has 0 aliphatic carbocycles. The Morgan fingerprint density at radius 2 is 1.95 bits per heavy atom. The van der Waals surface area contributed by atoms with Crippen LogP contribution in [0.5, 0.6) is 0 Å². The van der Waals surface area contributed by atoms with Crippen molar-refractivity contribution in [2.24, 2.45) is 0 Å². The molecule has 3 aromatic rings. The zero-order valence-corrected chi connectivity index (χ0v) is 13.7. The lowest BCUT2D eigenvalue weighted by molar-refractivity contribution is 0.587. The Labute approximate surface area is 131 Å². The number of imidazole rings is 1. The minimum Gasteiger partial charge on any atom is -0.236 e. The molecule has 2 aromatic carbocycles. The first-order valence-corrected chi connectivity index (χ1v) is 8.73. The quantitative estimate of drug-likeness (QED) is 0.713. The van der Waals surface area contributed by atoms with E-state index >= 15 is 0 Å². The monoisotopic (exact) mass is 364 g/mol. The lowest BCUT2D eigenvalue weighted by Crippen LogP contribution is -2.14. The molecule has 0 bridgehead atoms. The summed E-state index contributed by atoms with van der Waals surface area (Å²) in [6.45, 7) is 1.94. The first-order valence-electron chi connectivity index (χ1n) is 6.50. The van der Waals surface area contributed by atoms with Crippen molar-refractivity contribution in [3.8, 4) is 0 Å². The van der Waals surface area contributed by atoms with Gasteiger partial charge >= 0.3 is 0 Å². The minimum absolute atomic E-state index is 0.316. The Bertz CT molecular complexity index is 916. The van der Waals surface area contributed by atoms with Crippen molar-refractivity contribution in [1.82, 2.24) is 8.96 Å². The van der Waals surface area contributed by atoms with Gasteiger partial charge in [-0.2, -0.15) is 0 Å². The minimum atomic E-state index is -3.65. The molecule has 1 aromatic heterocycles. The normalized spacial score (nSPS) is 11.9. The second-order valence-corrected chi connectivity index (χ2v) is 7.34. The summed E-state index contributed by atoms with van der Waals surface area (Å²) in [5.41, 5.74) is 2.03. The summed E-state index contributed by atoms with van der Waals surface area (Å²) in [6, 6.07) is 12.4. The number of benzene rings is 2. The van der Waals surface area contributed by atoms with Crippen LogP contribution < -0.4 is 0 Å². The topological polar surface area (TPSA) is 52.0 Å². The SMILES string of the molecule is CCc1cc(Br)ccc1S(=O)(=O)n1cnc2ccccc21. The second kappa shape index (κ2) is 5.27. The Hall–Kier alpha value is -1.66. The van der Waals surface area contributed by atoms with Crippen molar-refractivity contribution in [3.63, 3.8) is 0 Å². The third-order valence-electron chi connectivity index (χ3n) is 3.36. The van der Waals surface area contributed by atoms with Gasteiger partial charge in [-0.15, -0.1) is 0 Å². The maximum atomic E-state index is 12.9. The molecule has 0 radical (unpaired) electrons. The van der Waals surface area contributed by atoms with E-state index in [-0.39, 0.29) is 0 Å². The third-order valence-corrected chi connectivity index (χ3v) is 5.62. The van der Waals surface area contributed by atoms with Gasteiger partial charge < -0.3 is 0 Å². The van der Waals surface area contributed by atoms with Crippen molar-refractivity contribution in [1.29, 1.82) is 0 Å². The predicted molar refractivity (Wildman–Crippen MR) is 85.8 cm³/mol. The lowest BCUT2D eigenvalue weighted by atomic mass is 10.2. The zero-order valence-electron chi connectivity index (χ0n) is 11.3. The van der Waals surface area contributed by atoms with Crippen LogP contribution in [0.3, 0.4) is 0 Å². The van der Waals surface area contributed by atoms with Crippen LogP contribution in [0.4, 0.5) is 0 Å². The van der Waals surface area contributed by atoms with Gasteiger partial charge in [0, 0.05) is 4.47 Å². The fourth-order valence-corrected chi connectivity index (χ4v) is 4.29. The standard InChI is InChI=1S/C15H13BrN2O2S/c1-2-11-9-12(16)7-8-15(11)21(19,20)18-10-17-13-5-3-4-6-14(13)18/h3-10H,2H2,1H3. The number of para-hydroxylation sites is 2. The van der Waals surface area contributed by atoms with Gasteiger partial charge in [0.1, 0.15) is 6.33 Å². The Balaban J connectivity index is 2.26. The lowest BCUT2D eigenvalue weighted by Gasteiger charge is -2.11. The van der Waals surface area contributed by atoms with Gasteiger partial charge in [-0.3, -0.25) is 0 Å². The molecule has 0 amide bonds. The first kappa shape index (κ1) is 14.3. The van der Waals surface area contributed by atoms with Crippen LogP contribution >= 0.6 is 15.9 Å². The highest BCUT2D eigenvalue weighted by atomic mass is 79.9. The van der Waals surface area contributed by atoms with Gasteiger partial charge in [-0.25, -0.2) is 17.4 Å². The van der Waals surface area contributed by atoms with Crippen LogP contribution in [0.1, 0.15) is 12.5 Å². The number of rotatable bonds is 3. The van der Waals surface area contributed by atoms with Gasteiger partial charge in [0.05, 0.1) is 15.9 Å². The van der Waals surface area contributed by atoms with Crippen LogP contribution in [0, 0.1) is 0 Å². The highest BCUT2D eigenvalue weighted by Crippen LogP contribution is 2.25. The molecule has 0 unspecified atom stereocenters. The highest BCUT2D eigenvalue weighted by Gasteiger charge is 2.22. The van der Waals surface area contributed by atoms with Crippen molar-refractivity contribution in [3.05, 3.63) is 58.8 Å².